The number of aromatic nitrogens is 1. The molecule has 0 amide bonds. The first-order valence-electron chi connectivity index (χ1n) is 4.33. The van der Waals surface area contributed by atoms with Crippen molar-refractivity contribution in [3.63, 3.8) is 0 Å². The summed E-state index contributed by atoms with van der Waals surface area (Å²) in [5.41, 5.74) is 5.65. The van der Waals surface area contributed by atoms with E-state index in [-0.39, 0.29) is 5.11 Å². The van der Waals surface area contributed by atoms with E-state index in [4.69, 9.17) is 10.5 Å². The van der Waals surface area contributed by atoms with E-state index in [1.807, 2.05) is 0 Å². The molecule has 6 heteroatoms. The van der Waals surface area contributed by atoms with Crippen LogP contribution in [-0.2, 0) is 4.74 Å². The highest BCUT2D eigenvalue weighted by Crippen LogP contribution is 2.05. The van der Waals surface area contributed by atoms with Gasteiger partial charge >= 0.3 is 5.97 Å². The second-order valence-corrected chi connectivity index (χ2v) is 3.08. The summed E-state index contributed by atoms with van der Waals surface area (Å²) in [6.07, 6.45) is 1.40. The van der Waals surface area contributed by atoms with E-state index in [9.17, 15) is 4.79 Å². The molecule has 1 aromatic heterocycles. The number of nitrogens with two attached hydrogens (primary N) is 1. The number of pyridine rings is 1. The molecule has 0 radical (unpaired) electrons. The molecule has 0 aliphatic rings. The van der Waals surface area contributed by atoms with E-state index >= 15 is 0 Å². The van der Waals surface area contributed by atoms with Gasteiger partial charge in [-0.3, -0.25) is 0 Å². The molecule has 0 aliphatic heterocycles. The smallest absolute Gasteiger partial charge is 0.339 e. The Hall–Kier alpha value is -1.69. The third-order valence-electron chi connectivity index (χ3n) is 1.53. The number of anilines is 1. The van der Waals surface area contributed by atoms with Crippen LogP contribution in [0, 0.1) is 0 Å². The maximum absolute atomic E-state index is 11.2. The highest BCUT2D eigenvalue weighted by Gasteiger charge is 2.06. The lowest BCUT2D eigenvalue weighted by Crippen LogP contribution is -2.19. The molecule has 15 heavy (non-hydrogen) atoms. The summed E-state index contributed by atoms with van der Waals surface area (Å²) in [5.74, 6) is 0.0995. The topological polar surface area (TPSA) is 77.2 Å². The second-order valence-electron chi connectivity index (χ2n) is 2.64. The number of thiocarbonyl (C=S) groups is 1. The second kappa shape index (κ2) is 5.26. The van der Waals surface area contributed by atoms with Crippen molar-refractivity contribution in [2.75, 3.05) is 11.9 Å². The SMILES string of the molecule is CCOC(=O)c1ccc(NC(N)=S)nc1. The zero-order valence-electron chi connectivity index (χ0n) is 8.19. The van der Waals surface area contributed by atoms with Crippen molar-refractivity contribution in [1.29, 1.82) is 0 Å². The molecule has 5 nitrogen and oxygen atoms in total. The van der Waals surface area contributed by atoms with Crippen molar-refractivity contribution in [2.24, 2.45) is 5.73 Å². The molecule has 0 bridgehead atoms. The molecule has 0 aromatic carbocycles. The molecule has 0 aliphatic carbocycles. The number of rotatable bonds is 3. The molecule has 1 aromatic rings. The van der Waals surface area contributed by atoms with Gasteiger partial charge in [0, 0.05) is 6.20 Å². The monoisotopic (exact) mass is 225 g/mol. The van der Waals surface area contributed by atoms with Crippen molar-refractivity contribution in [3.8, 4) is 0 Å². The van der Waals surface area contributed by atoms with Crippen LogP contribution in [0.4, 0.5) is 5.82 Å². The van der Waals surface area contributed by atoms with Crippen molar-refractivity contribution in [3.05, 3.63) is 23.9 Å². The summed E-state index contributed by atoms with van der Waals surface area (Å²) in [6, 6.07) is 3.19. The van der Waals surface area contributed by atoms with Gasteiger partial charge in [-0.15, -0.1) is 0 Å². The molecule has 0 unspecified atom stereocenters. The highest BCUT2D eigenvalue weighted by atomic mass is 32.1. The van der Waals surface area contributed by atoms with Gasteiger partial charge in [-0.25, -0.2) is 9.78 Å². The van der Waals surface area contributed by atoms with Crippen LogP contribution < -0.4 is 11.1 Å². The average Bonchev–Trinajstić information content (AvgIpc) is 2.18. The Morgan fingerprint density at radius 1 is 1.67 bits per heavy atom. The summed E-state index contributed by atoms with van der Waals surface area (Å²) in [7, 11) is 0. The van der Waals surface area contributed by atoms with Gasteiger partial charge in [0.05, 0.1) is 12.2 Å². The van der Waals surface area contributed by atoms with Crippen molar-refractivity contribution in [2.45, 2.75) is 6.92 Å². The summed E-state index contributed by atoms with van der Waals surface area (Å²) in [4.78, 5) is 15.2. The van der Waals surface area contributed by atoms with Crippen LogP contribution in [0.3, 0.4) is 0 Å². The molecule has 0 fully saturated rings. The van der Waals surface area contributed by atoms with Crippen LogP contribution in [-0.4, -0.2) is 22.7 Å². The third-order valence-corrected chi connectivity index (χ3v) is 1.63. The van der Waals surface area contributed by atoms with Gasteiger partial charge in [0.25, 0.3) is 0 Å². The standard InChI is InChI=1S/C9H11N3O2S/c1-2-14-8(13)6-3-4-7(11-5-6)12-9(10)15/h3-5H,2H2,1H3,(H3,10,11,12,15). The molecule has 0 saturated heterocycles. The van der Waals surface area contributed by atoms with Crippen LogP contribution in [0.2, 0.25) is 0 Å². The van der Waals surface area contributed by atoms with Gasteiger partial charge in [0.1, 0.15) is 5.82 Å². The summed E-state index contributed by atoms with van der Waals surface area (Å²) in [6.45, 7) is 2.08. The molecule has 80 valence electrons. The minimum Gasteiger partial charge on any atom is -0.462 e. The quantitative estimate of drug-likeness (QED) is 0.588. The Morgan fingerprint density at radius 3 is 2.87 bits per heavy atom. The first-order chi connectivity index (χ1) is 7.13. The maximum Gasteiger partial charge on any atom is 0.339 e. The number of ether oxygens (including phenoxy) is 1. The zero-order valence-corrected chi connectivity index (χ0v) is 9.00. The van der Waals surface area contributed by atoms with Gasteiger partial charge in [-0.05, 0) is 31.3 Å². The summed E-state index contributed by atoms with van der Waals surface area (Å²) >= 11 is 4.64. The molecular formula is C9H11N3O2S. The van der Waals surface area contributed by atoms with Crippen LogP contribution in [0.15, 0.2) is 18.3 Å². The van der Waals surface area contributed by atoms with E-state index in [2.05, 4.69) is 22.5 Å². The van der Waals surface area contributed by atoms with Crippen LogP contribution in [0.25, 0.3) is 0 Å². The Bertz CT molecular complexity index is 364. The van der Waals surface area contributed by atoms with E-state index in [1.54, 1.807) is 19.1 Å². The molecule has 0 atom stereocenters. The molecule has 0 saturated carbocycles. The largest absolute Gasteiger partial charge is 0.462 e. The molecule has 0 spiro atoms. The maximum atomic E-state index is 11.2. The predicted octanol–water partition coefficient (Wildman–Crippen LogP) is 0.914. The fourth-order valence-corrected chi connectivity index (χ4v) is 1.03. The lowest BCUT2D eigenvalue weighted by molar-refractivity contribution is 0.0526. The summed E-state index contributed by atoms with van der Waals surface area (Å²) in [5, 5.41) is 2.78. The summed E-state index contributed by atoms with van der Waals surface area (Å²) < 4.78 is 4.80. The number of carbonyl (C=O) groups excluding carboxylic acids is 1. The number of esters is 1. The van der Waals surface area contributed by atoms with Gasteiger partial charge in [0.15, 0.2) is 5.11 Å². The predicted molar refractivity (Wildman–Crippen MR) is 60.6 cm³/mol. The number of hydrogen-bond acceptors (Lipinski definition) is 4. The third kappa shape index (κ3) is 3.51. The van der Waals surface area contributed by atoms with Crippen LogP contribution in [0.5, 0.6) is 0 Å². The van der Waals surface area contributed by atoms with Crippen LogP contribution in [0.1, 0.15) is 17.3 Å². The molecule has 1 rings (SSSR count). The van der Waals surface area contributed by atoms with Crippen LogP contribution >= 0.6 is 12.2 Å². The number of nitrogens with one attached hydrogen (secondary N) is 1. The lowest BCUT2D eigenvalue weighted by atomic mass is 10.3. The number of hydrogen-bond donors (Lipinski definition) is 2. The van der Waals surface area contributed by atoms with Gasteiger partial charge in [-0.1, -0.05) is 0 Å². The van der Waals surface area contributed by atoms with Crippen molar-refractivity contribution >= 4 is 29.1 Å². The van der Waals surface area contributed by atoms with Gasteiger partial charge < -0.3 is 15.8 Å². The minimum absolute atomic E-state index is 0.131. The fraction of sp³-hybridized carbons (Fsp3) is 0.222. The van der Waals surface area contributed by atoms with Crippen molar-refractivity contribution in [1.82, 2.24) is 4.98 Å². The fourth-order valence-electron chi connectivity index (χ4n) is 0.929. The lowest BCUT2D eigenvalue weighted by Gasteiger charge is -2.04. The Labute approximate surface area is 92.6 Å². The van der Waals surface area contributed by atoms with E-state index in [0.717, 1.165) is 0 Å². The zero-order chi connectivity index (χ0) is 11.3. The molecule has 3 N–H and O–H groups in total. The first-order valence-corrected chi connectivity index (χ1v) is 4.74. The Kier molecular flexibility index (Phi) is 3.99. The molecular weight excluding hydrogens is 214 g/mol. The minimum atomic E-state index is -0.396. The van der Waals surface area contributed by atoms with E-state index < -0.39 is 5.97 Å². The van der Waals surface area contributed by atoms with E-state index in [1.165, 1.54) is 6.20 Å². The Balaban J connectivity index is 2.71. The number of nitrogens with zero attached hydrogens (tertiary/aromatic N) is 1. The van der Waals surface area contributed by atoms with Gasteiger partial charge in [0.2, 0.25) is 0 Å². The van der Waals surface area contributed by atoms with Crippen molar-refractivity contribution < 1.29 is 9.53 Å². The molecule has 1 heterocycles. The Morgan fingerprint density at radius 2 is 2.40 bits per heavy atom. The normalized spacial score (nSPS) is 9.40. The average molecular weight is 225 g/mol. The highest BCUT2D eigenvalue weighted by molar-refractivity contribution is 7.80. The first kappa shape index (κ1) is 11.4. The van der Waals surface area contributed by atoms with E-state index in [0.29, 0.717) is 18.0 Å². The number of carbonyl (C=O) groups is 1. The van der Waals surface area contributed by atoms with Gasteiger partial charge in [-0.2, -0.15) is 0 Å².